The molecule has 0 aromatic heterocycles. The minimum atomic E-state index is -0.0883. The van der Waals surface area contributed by atoms with E-state index in [9.17, 15) is 4.79 Å². The Morgan fingerprint density at radius 1 is 0.938 bits per heavy atom. The highest BCUT2D eigenvalue weighted by Crippen LogP contribution is 2.38. The number of rotatable bonds is 6. The number of hydrogen-bond acceptors (Lipinski definition) is 5. The van der Waals surface area contributed by atoms with Crippen LogP contribution in [-0.4, -0.2) is 30.2 Å². The average molecular weight is 445 g/mol. The third-order valence-electron chi connectivity index (χ3n) is 5.05. The molecule has 3 aromatic carbocycles. The monoisotopic (exact) mass is 444 g/mol. The standard InChI is InChI=1S/C26H24N2O3S/c1-18-12-14-21(15-13-18)27-26-28(17-19-8-5-4-6-9-19)25(29)23(32-26)16-20-10-7-11-22(30-2)24(20)31-3/h4-16H,17H2,1-3H3. The molecule has 0 bridgehead atoms. The van der Waals surface area contributed by atoms with Gasteiger partial charge >= 0.3 is 0 Å². The number of benzene rings is 3. The Morgan fingerprint density at radius 2 is 1.69 bits per heavy atom. The second-order valence-electron chi connectivity index (χ2n) is 7.30. The third kappa shape index (κ3) is 4.70. The first kappa shape index (κ1) is 21.7. The predicted molar refractivity (Wildman–Crippen MR) is 130 cm³/mol. The lowest BCUT2D eigenvalue weighted by molar-refractivity contribution is -0.122. The highest BCUT2D eigenvalue weighted by molar-refractivity contribution is 8.18. The van der Waals surface area contributed by atoms with E-state index in [0.29, 0.717) is 28.1 Å². The van der Waals surface area contributed by atoms with Crippen LogP contribution in [0, 0.1) is 6.92 Å². The summed E-state index contributed by atoms with van der Waals surface area (Å²) in [7, 11) is 3.19. The van der Waals surface area contributed by atoms with E-state index in [1.807, 2.05) is 85.8 Å². The number of carbonyl (C=O) groups is 1. The summed E-state index contributed by atoms with van der Waals surface area (Å²) in [4.78, 5) is 20.5. The summed E-state index contributed by atoms with van der Waals surface area (Å²) in [5, 5.41) is 0.649. The normalized spacial score (nSPS) is 16.1. The number of nitrogens with zero attached hydrogens (tertiary/aromatic N) is 2. The van der Waals surface area contributed by atoms with E-state index < -0.39 is 0 Å². The van der Waals surface area contributed by atoms with Crippen molar-refractivity contribution < 1.29 is 14.3 Å². The summed E-state index contributed by atoms with van der Waals surface area (Å²) in [5.74, 6) is 1.12. The van der Waals surface area contributed by atoms with Crippen molar-refractivity contribution in [2.75, 3.05) is 14.2 Å². The van der Waals surface area contributed by atoms with Crippen LogP contribution in [0.4, 0.5) is 5.69 Å². The molecular weight excluding hydrogens is 420 g/mol. The van der Waals surface area contributed by atoms with Crippen molar-refractivity contribution in [3.05, 3.63) is 94.4 Å². The molecule has 0 aliphatic carbocycles. The van der Waals surface area contributed by atoms with Crippen LogP contribution in [0.2, 0.25) is 0 Å². The largest absolute Gasteiger partial charge is 0.493 e. The number of thioether (sulfide) groups is 1. The summed E-state index contributed by atoms with van der Waals surface area (Å²) in [6, 6.07) is 23.5. The number of ether oxygens (including phenoxy) is 2. The Hall–Kier alpha value is -3.51. The van der Waals surface area contributed by atoms with Crippen molar-refractivity contribution in [1.82, 2.24) is 4.90 Å². The fourth-order valence-electron chi connectivity index (χ4n) is 3.39. The Labute approximate surface area is 192 Å². The molecule has 0 radical (unpaired) electrons. The van der Waals surface area contributed by atoms with Gasteiger partial charge in [-0.3, -0.25) is 9.69 Å². The number of aliphatic imine (C=N–C) groups is 1. The van der Waals surface area contributed by atoms with E-state index in [0.717, 1.165) is 22.4 Å². The molecule has 0 atom stereocenters. The molecule has 0 unspecified atom stereocenters. The number of para-hydroxylation sites is 1. The first-order valence-electron chi connectivity index (χ1n) is 10.2. The van der Waals surface area contributed by atoms with Gasteiger partial charge in [0, 0.05) is 5.56 Å². The second kappa shape index (κ2) is 9.75. The van der Waals surface area contributed by atoms with Crippen LogP contribution in [0.1, 0.15) is 16.7 Å². The van der Waals surface area contributed by atoms with Gasteiger partial charge in [0.2, 0.25) is 0 Å². The summed E-state index contributed by atoms with van der Waals surface area (Å²) < 4.78 is 10.9. The van der Waals surface area contributed by atoms with E-state index in [-0.39, 0.29) is 5.91 Å². The second-order valence-corrected chi connectivity index (χ2v) is 8.31. The Balaban J connectivity index is 1.73. The SMILES string of the molecule is COc1cccc(C=C2SC(=Nc3ccc(C)cc3)N(Cc3ccccc3)C2=O)c1OC. The van der Waals surface area contributed by atoms with E-state index in [4.69, 9.17) is 14.5 Å². The van der Waals surface area contributed by atoms with Gasteiger partial charge < -0.3 is 9.47 Å². The molecule has 1 aliphatic heterocycles. The van der Waals surface area contributed by atoms with Crippen LogP contribution in [0.5, 0.6) is 11.5 Å². The van der Waals surface area contributed by atoms with Gasteiger partial charge in [-0.2, -0.15) is 0 Å². The minimum absolute atomic E-state index is 0.0883. The summed E-state index contributed by atoms with van der Waals surface area (Å²) >= 11 is 1.36. The molecule has 6 heteroatoms. The number of amides is 1. The van der Waals surface area contributed by atoms with Crippen molar-refractivity contribution in [3.8, 4) is 11.5 Å². The van der Waals surface area contributed by atoms with Gasteiger partial charge in [0.1, 0.15) is 0 Å². The lowest BCUT2D eigenvalue weighted by Gasteiger charge is -2.15. The van der Waals surface area contributed by atoms with Crippen LogP contribution >= 0.6 is 11.8 Å². The van der Waals surface area contributed by atoms with E-state index >= 15 is 0 Å². The zero-order valence-corrected chi connectivity index (χ0v) is 19.1. The minimum Gasteiger partial charge on any atom is -0.493 e. The molecule has 1 aliphatic rings. The van der Waals surface area contributed by atoms with Crippen LogP contribution in [0.3, 0.4) is 0 Å². The fourth-order valence-corrected chi connectivity index (χ4v) is 4.38. The summed E-state index contributed by atoms with van der Waals surface area (Å²) in [6.45, 7) is 2.48. The Bertz CT molecular complexity index is 1170. The number of aryl methyl sites for hydroxylation is 1. The van der Waals surface area contributed by atoms with Crippen molar-refractivity contribution in [2.45, 2.75) is 13.5 Å². The maximum Gasteiger partial charge on any atom is 0.267 e. The summed E-state index contributed by atoms with van der Waals surface area (Å²) in [6.07, 6.45) is 1.84. The maximum atomic E-state index is 13.4. The average Bonchev–Trinajstić information content (AvgIpc) is 3.09. The molecule has 1 amide bonds. The summed E-state index contributed by atoms with van der Waals surface area (Å²) in [5.41, 5.74) is 3.79. The van der Waals surface area contributed by atoms with Crippen molar-refractivity contribution in [2.24, 2.45) is 4.99 Å². The molecule has 1 fully saturated rings. The van der Waals surface area contributed by atoms with Crippen molar-refractivity contribution >= 4 is 34.6 Å². The molecule has 1 heterocycles. The zero-order valence-electron chi connectivity index (χ0n) is 18.2. The molecule has 0 N–H and O–H groups in total. The molecule has 1 saturated heterocycles. The van der Waals surface area contributed by atoms with Crippen molar-refractivity contribution in [3.63, 3.8) is 0 Å². The third-order valence-corrected chi connectivity index (χ3v) is 6.06. The first-order valence-corrected chi connectivity index (χ1v) is 11.0. The Morgan fingerprint density at radius 3 is 2.38 bits per heavy atom. The lowest BCUT2D eigenvalue weighted by atomic mass is 10.1. The fraction of sp³-hybridized carbons (Fsp3) is 0.154. The zero-order chi connectivity index (χ0) is 22.5. The number of amidine groups is 1. The van der Waals surface area contributed by atoms with Gasteiger partial charge in [-0.25, -0.2) is 4.99 Å². The van der Waals surface area contributed by atoms with Crippen LogP contribution < -0.4 is 9.47 Å². The quantitative estimate of drug-likeness (QED) is 0.450. The van der Waals surface area contributed by atoms with E-state index in [1.54, 1.807) is 19.1 Å². The van der Waals surface area contributed by atoms with Crippen LogP contribution in [0.25, 0.3) is 6.08 Å². The van der Waals surface area contributed by atoms with Crippen LogP contribution in [-0.2, 0) is 11.3 Å². The van der Waals surface area contributed by atoms with Gasteiger partial charge in [0.15, 0.2) is 16.7 Å². The molecular formula is C26H24N2O3S. The number of methoxy groups -OCH3 is 2. The van der Waals surface area contributed by atoms with E-state index in [1.165, 1.54) is 11.8 Å². The van der Waals surface area contributed by atoms with E-state index in [2.05, 4.69) is 0 Å². The van der Waals surface area contributed by atoms with Gasteiger partial charge in [-0.05, 0) is 48.5 Å². The highest BCUT2D eigenvalue weighted by atomic mass is 32.2. The molecule has 3 aromatic rings. The number of hydrogen-bond donors (Lipinski definition) is 0. The topological polar surface area (TPSA) is 51.1 Å². The van der Waals surface area contributed by atoms with Gasteiger partial charge in [0.25, 0.3) is 5.91 Å². The van der Waals surface area contributed by atoms with Crippen LogP contribution in [0.15, 0.2) is 82.7 Å². The smallest absolute Gasteiger partial charge is 0.267 e. The lowest BCUT2D eigenvalue weighted by Crippen LogP contribution is -2.28. The van der Waals surface area contributed by atoms with Gasteiger partial charge in [-0.15, -0.1) is 0 Å². The first-order chi connectivity index (χ1) is 15.6. The Kier molecular flexibility index (Phi) is 6.61. The van der Waals surface area contributed by atoms with Crippen molar-refractivity contribution in [1.29, 1.82) is 0 Å². The predicted octanol–water partition coefficient (Wildman–Crippen LogP) is 5.82. The molecule has 0 spiro atoms. The number of carbonyl (C=O) groups excluding carboxylic acids is 1. The molecule has 162 valence electrons. The van der Waals surface area contributed by atoms with Gasteiger partial charge in [-0.1, -0.05) is 60.2 Å². The van der Waals surface area contributed by atoms with Gasteiger partial charge in [0.05, 0.1) is 31.4 Å². The molecule has 0 saturated carbocycles. The molecule has 5 nitrogen and oxygen atoms in total. The maximum absolute atomic E-state index is 13.4. The molecule has 4 rings (SSSR count). The highest BCUT2D eigenvalue weighted by Gasteiger charge is 2.33. The molecule has 32 heavy (non-hydrogen) atoms.